The summed E-state index contributed by atoms with van der Waals surface area (Å²) in [7, 11) is 1.31. The molecule has 6 heteroatoms. The molecular formula is C11H18N4O2. The van der Waals surface area contributed by atoms with Gasteiger partial charge in [0.15, 0.2) is 0 Å². The number of methoxy groups -OCH3 is 1. The van der Waals surface area contributed by atoms with Crippen LogP contribution >= 0.6 is 0 Å². The van der Waals surface area contributed by atoms with Crippen molar-refractivity contribution < 1.29 is 9.53 Å². The van der Waals surface area contributed by atoms with Gasteiger partial charge in [-0.1, -0.05) is 0 Å². The summed E-state index contributed by atoms with van der Waals surface area (Å²) in [6.45, 7) is 5.81. The summed E-state index contributed by atoms with van der Waals surface area (Å²) in [4.78, 5) is 21.6. The van der Waals surface area contributed by atoms with Gasteiger partial charge in [0.2, 0.25) is 5.82 Å². The van der Waals surface area contributed by atoms with Crippen molar-refractivity contribution in [3.63, 3.8) is 0 Å². The number of carbonyl (C=O) groups excluding carboxylic acids is 1. The largest absolute Gasteiger partial charge is 0.463 e. The molecule has 1 aromatic rings. The summed E-state index contributed by atoms with van der Waals surface area (Å²) in [6.07, 6.45) is 0. The molecule has 2 N–H and O–H groups in total. The zero-order valence-corrected chi connectivity index (χ0v) is 10.4. The summed E-state index contributed by atoms with van der Waals surface area (Å²) in [5.41, 5.74) is 6.26. The van der Waals surface area contributed by atoms with Crippen LogP contribution in [0.25, 0.3) is 0 Å². The van der Waals surface area contributed by atoms with Crippen molar-refractivity contribution in [3.05, 3.63) is 17.6 Å². The number of likely N-dealkylation sites (N-methyl/N-ethyl adjacent to an activating group) is 1. The molecule has 0 amide bonds. The second-order valence-electron chi connectivity index (χ2n) is 3.55. The van der Waals surface area contributed by atoms with Gasteiger partial charge < -0.3 is 15.4 Å². The van der Waals surface area contributed by atoms with Crippen LogP contribution in [0.2, 0.25) is 0 Å². The van der Waals surface area contributed by atoms with Gasteiger partial charge in [0.05, 0.1) is 7.11 Å². The van der Waals surface area contributed by atoms with E-state index in [1.54, 1.807) is 0 Å². The van der Waals surface area contributed by atoms with Crippen LogP contribution in [0.1, 0.15) is 23.2 Å². The number of anilines is 1. The van der Waals surface area contributed by atoms with Crippen LogP contribution in [0.4, 0.5) is 5.82 Å². The minimum Gasteiger partial charge on any atom is -0.463 e. The fraction of sp³-hybridized carbons (Fsp3) is 0.545. The van der Waals surface area contributed by atoms with Gasteiger partial charge in [0.1, 0.15) is 5.82 Å². The normalized spacial score (nSPS) is 10.1. The molecule has 0 bridgehead atoms. The first kappa shape index (κ1) is 13.4. The fourth-order valence-electron chi connectivity index (χ4n) is 1.49. The molecule has 0 radical (unpaired) electrons. The van der Waals surface area contributed by atoms with Crippen molar-refractivity contribution in [3.8, 4) is 0 Å². The van der Waals surface area contributed by atoms with Crippen LogP contribution in [0.3, 0.4) is 0 Å². The first-order valence-electron chi connectivity index (χ1n) is 5.51. The number of hydrogen-bond acceptors (Lipinski definition) is 6. The van der Waals surface area contributed by atoms with Crippen LogP contribution in [-0.2, 0) is 4.74 Å². The molecule has 0 saturated heterocycles. The van der Waals surface area contributed by atoms with Gasteiger partial charge in [-0.3, -0.25) is 0 Å². The van der Waals surface area contributed by atoms with Gasteiger partial charge in [-0.25, -0.2) is 14.8 Å². The Morgan fingerprint density at radius 3 is 2.76 bits per heavy atom. The number of nitrogens with two attached hydrogens (primary N) is 1. The lowest BCUT2D eigenvalue weighted by atomic mass is 10.3. The predicted molar refractivity (Wildman–Crippen MR) is 65.0 cm³/mol. The molecule has 0 saturated carbocycles. The highest BCUT2D eigenvalue weighted by molar-refractivity contribution is 5.85. The Hall–Kier alpha value is -1.69. The molecule has 17 heavy (non-hydrogen) atoms. The van der Waals surface area contributed by atoms with E-state index in [1.165, 1.54) is 7.11 Å². The second kappa shape index (κ2) is 6.15. The molecule has 1 aromatic heterocycles. The Kier molecular flexibility index (Phi) is 4.84. The number of aryl methyl sites for hydroxylation is 1. The van der Waals surface area contributed by atoms with E-state index in [4.69, 9.17) is 5.73 Å². The van der Waals surface area contributed by atoms with E-state index in [0.29, 0.717) is 18.9 Å². The third kappa shape index (κ3) is 3.39. The Morgan fingerprint density at radius 2 is 2.24 bits per heavy atom. The second-order valence-corrected chi connectivity index (χ2v) is 3.55. The zero-order chi connectivity index (χ0) is 12.8. The fourth-order valence-corrected chi connectivity index (χ4v) is 1.49. The first-order valence-corrected chi connectivity index (χ1v) is 5.51. The Morgan fingerprint density at radius 1 is 1.53 bits per heavy atom. The van der Waals surface area contributed by atoms with Gasteiger partial charge in [-0.05, 0) is 13.8 Å². The minimum absolute atomic E-state index is 0.0815. The van der Waals surface area contributed by atoms with Gasteiger partial charge in [-0.2, -0.15) is 0 Å². The molecule has 0 atom stereocenters. The molecule has 6 nitrogen and oxygen atoms in total. The molecule has 0 aliphatic heterocycles. The molecule has 1 heterocycles. The van der Waals surface area contributed by atoms with E-state index in [0.717, 1.165) is 12.2 Å². The van der Waals surface area contributed by atoms with E-state index in [1.807, 2.05) is 24.8 Å². The maximum atomic E-state index is 11.4. The van der Waals surface area contributed by atoms with E-state index in [9.17, 15) is 4.79 Å². The van der Waals surface area contributed by atoms with Crippen molar-refractivity contribution in [1.29, 1.82) is 0 Å². The molecule has 94 valence electrons. The lowest BCUT2D eigenvalue weighted by Gasteiger charge is -2.21. The van der Waals surface area contributed by atoms with Crippen LogP contribution in [0.5, 0.6) is 0 Å². The third-order valence-corrected chi connectivity index (χ3v) is 2.31. The number of aromatic nitrogens is 2. The van der Waals surface area contributed by atoms with Crippen LogP contribution in [-0.4, -0.2) is 42.7 Å². The Balaban J connectivity index is 3.07. The predicted octanol–water partition coefficient (Wildman–Crippen LogP) is 0.357. The molecule has 0 fully saturated rings. The van der Waals surface area contributed by atoms with E-state index in [2.05, 4.69) is 14.7 Å². The van der Waals surface area contributed by atoms with Crippen LogP contribution in [0, 0.1) is 6.92 Å². The molecule has 0 spiro atoms. The van der Waals surface area contributed by atoms with Crippen molar-refractivity contribution >= 4 is 11.8 Å². The molecule has 0 aliphatic rings. The van der Waals surface area contributed by atoms with E-state index in [-0.39, 0.29) is 5.82 Å². The SMILES string of the molecule is CCN(CCN)c1cc(C)nc(C(=O)OC)n1. The van der Waals surface area contributed by atoms with Gasteiger partial charge >= 0.3 is 5.97 Å². The monoisotopic (exact) mass is 238 g/mol. The highest BCUT2D eigenvalue weighted by atomic mass is 16.5. The molecule has 0 unspecified atom stereocenters. The summed E-state index contributed by atoms with van der Waals surface area (Å²) in [5, 5.41) is 0. The van der Waals surface area contributed by atoms with E-state index >= 15 is 0 Å². The van der Waals surface area contributed by atoms with Gasteiger partial charge in [0, 0.05) is 31.4 Å². The third-order valence-electron chi connectivity index (χ3n) is 2.31. The van der Waals surface area contributed by atoms with Gasteiger partial charge in [-0.15, -0.1) is 0 Å². The molecule has 0 aromatic carbocycles. The lowest BCUT2D eigenvalue weighted by molar-refractivity contribution is 0.0586. The van der Waals surface area contributed by atoms with Crippen molar-refractivity contribution in [1.82, 2.24) is 9.97 Å². The first-order chi connectivity index (χ1) is 8.12. The summed E-state index contributed by atoms with van der Waals surface area (Å²) in [5.74, 6) is 0.252. The number of esters is 1. The standard InChI is InChI=1S/C11H18N4O2/c1-4-15(6-5-12)9-7-8(2)13-10(14-9)11(16)17-3/h7H,4-6,12H2,1-3H3. The number of ether oxygens (including phenoxy) is 1. The number of carbonyl (C=O) groups is 1. The maximum absolute atomic E-state index is 11.4. The number of rotatable bonds is 5. The topological polar surface area (TPSA) is 81.3 Å². The average molecular weight is 238 g/mol. The smallest absolute Gasteiger partial charge is 0.376 e. The molecular weight excluding hydrogens is 220 g/mol. The Labute approximate surface area is 101 Å². The van der Waals surface area contributed by atoms with Crippen LogP contribution < -0.4 is 10.6 Å². The maximum Gasteiger partial charge on any atom is 0.376 e. The van der Waals surface area contributed by atoms with Gasteiger partial charge in [0.25, 0.3) is 0 Å². The Bertz CT molecular complexity index is 395. The number of nitrogens with zero attached hydrogens (tertiary/aromatic N) is 3. The quantitative estimate of drug-likeness (QED) is 0.746. The minimum atomic E-state index is -0.529. The number of hydrogen-bond donors (Lipinski definition) is 1. The molecule has 0 aliphatic carbocycles. The van der Waals surface area contributed by atoms with Crippen molar-refractivity contribution in [2.75, 3.05) is 31.6 Å². The zero-order valence-electron chi connectivity index (χ0n) is 10.4. The van der Waals surface area contributed by atoms with Crippen LogP contribution in [0.15, 0.2) is 6.07 Å². The highest BCUT2D eigenvalue weighted by Gasteiger charge is 2.14. The summed E-state index contributed by atoms with van der Waals surface area (Å²) in [6, 6.07) is 1.82. The highest BCUT2D eigenvalue weighted by Crippen LogP contribution is 2.12. The van der Waals surface area contributed by atoms with E-state index < -0.39 is 5.97 Å². The average Bonchev–Trinajstić information content (AvgIpc) is 2.34. The lowest BCUT2D eigenvalue weighted by Crippen LogP contribution is -2.30. The summed E-state index contributed by atoms with van der Waals surface area (Å²) >= 11 is 0. The summed E-state index contributed by atoms with van der Waals surface area (Å²) < 4.78 is 4.61. The molecule has 1 rings (SSSR count). The van der Waals surface area contributed by atoms with Crippen molar-refractivity contribution in [2.45, 2.75) is 13.8 Å². The van der Waals surface area contributed by atoms with Crippen molar-refractivity contribution in [2.24, 2.45) is 5.73 Å².